The molecular weight excluding hydrogens is 304 g/mol. The molecule has 0 bridgehead atoms. The SMILES string of the molecule is Cc1ccc(C(=O)NNC(=O)c2cc(Cl)ccc2O)c(C)c1. The average Bonchev–Trinajstić information content (AvgIpc) is 2.47. The quantitative estimate of drug-likeness (QED) is 0.745. The summed E-state index contributed by atoms with van der Waals surface area (Å²) in [5.41, 5.74) is 6.85. The van der Waals surface area contributed by atoms with Crippen molar-refractivity contribution in [3.63, 3.8) is 0 Å². The minimum absolute atomic E-state index is 0.0200. The summed E-state index contributed by atoms with van der Waals surface area (Å²) in [4.78, 5) is 24.0. The van der Waals surface area contributed by atoms with E-state index in [1.165, 1.54) is 18.2 Å². The summed E-state index contributed by atoms with van der Waals surface area (Å²) in [6, 6.07) is 9.45. The van der Waals surface area contributed by atoms with Crippen molar-refractivity contribution in [1.82, 2.24) is 10.9 Å². The van der Waals surface area contributed by atoms with E-state index in [0.717, 1.165) is 11.1 Å². The standard InChI is InChI=1S/C16H15ClN2O3/c1-9-3-5-12(10(2)7-9)15(21)18-19-16(22)13-8-11(17)4-6-14(13)20/h3-8,20H,1-2H3,(H,18,21)(H,19,22). The van der Waals surface area contributed by atoms with Crippen LogP contribution in [0, 0.1) is 13.8 Å². The largest absolute Gasteiger partial charge is 0.507 e. The van der Waals surface area contributed by atoms with E-state index in [4.69, 9.17) is 11.6 Å². The van der Waals surface area contributed by atoms with Gasteiger partial charge in [0.1, 0.15) is 5.75 Å². The predicted molar refractivity (Wildman–Crippen MR) is 84.0 cm³/mol. The number of hydrazine groups is 1. The van der Waals surface area contributed by atoms with Gasteiger partial charge in [0, 0.05) is 10.6 Å². The van der Waals surface area contributed by atoms with Gasteiger partial charge in [-0.2, -0.15) is 0 Å². The highest BCUT2D eigenvalue weighted by molar-refractivity contribution is 6.31. The number of nitrogens with one attached hydrogen (secondary N) is 2. The zero-order valence-corrected chi connectivity index (χ0v) is 12.9. The highest BCUT2D eigenvalue weighted by Crippen LogP contribution is 2.21. The van der Waals surface area contributed by atoms with E-state index < -0.39 is 11.8 Å². The van der Waals surface area contributed by atoms with Crippen LogP contribution in [0.1, 0.15) is 31.8 Å². The number of phenolic OH excluding ortho intramolecular Hbond substituents is 1. The van der Waals surface area contributed by atoms with Crippen LogP contribution < -0.4 is 10.9 Å². The van der Waals surface area contributed by atoms with Crippen LogP contribution in [0.4, 0.5) is 0 Å². The zero-order valence-electron chi connectivity index (χ0n) is 12.1. The minimum atomic E-state index is -0.655. The molecule has 0 unspecified atom stereocenters. The number of amides is 2. The molecule has 0 atom stereocenters. The first-order valence-corrected chi connectivity index (χ1v) is 6.92. The molecule has 2 rings (SSSR count). The summed E-state index contributed by atoms with van der Waals surface area (Å²) >= 11 is 5.78. The molecule has 0 aliphatic heterocycles. The van der Waals surface area contributed by atoms with Crippen LogP contribution in [0.5, 0.6) is 5.75 Å². The maximum absolute atomic E-state index is 12.1. The van der Waals surface area contributed by atoms with Crippen LogP contribution in [0.3, 0.4) is 0 Å². The number of aryl methyl sites for hydroxylation is 2. The molecule has 3 N–H and O–H groups in total. The van der Waals surface area contributed by atoms with E-state index in [1.54, 1.807) is 6.07 Å². The fraction of sp³-hybridized carbons (Fsp3) is 0.125. The number of benzene rings is 2. The molecule has 0 radical (unpaired) electrons. The molecule has 0 saturated heterocycles. The molecule has 2 amide bonds. The molecular formula is C16H15ClN2O3. The Morgan fingerprint density at radius 2 is 1.59 bits per heavy atom. The van der Waals surface area contributed by atoms with Crippen molar-refractivity contribution in [3.05, 3.63) is 63.7 Å². The van der Waals surface area contributed by atoms with E-state index in [9.17, 15) is 14.7 Å². The van der Waals surface area contributed by atoms with E-state index in [-0.39, 0.29) is 11.3 Å². The molecule has 6 heteroatoms. The lowest BCUT2D eigenvalue weighted by atomic mass is 10.1. The molecule has 2 aromatic carbocycles. The number of aromatic hydroxyl groups is 1. The smallest absolute Gasteiger partial charge is 0.273 e. The summed E-state index contributed by atoms with van der Waals surface area (Å²) in [6.07, 6.45) is 0. The second kappa shape index (κ2) is 6.49. The van der Waals surface area contributed by atoms with Gasteiger partial charge >= 0.3 is 0 Å². The van der Waals surface area contributed by atoms with Gasteiger partial charge in [-0.05, 0) is 43.7 Å². The van der Waals surface area contributed by atoms with Crippen LogP contribution in [-0.2, 0) is 0 Å². The van der Waals surface area contributed by atoms with E-state index in [2.05, 4.69) is 10.9 Å². The van der Waals surface area contributed by atoms with E-state index in [0.29, 0.717) is 10.6 Å². The van der Waals surface area contributed by atoms with Gasteiger partial charge < -0.3 is 5.11 Å². The van der Waals surface area contributed by atoms with E-state index in [1.807, 2.05) is 26.0 Å². The molecule has 0 aromatic heterocycles. The Bertz CT molecular complexity index is 744. The second-order valence-corrected chi connectivity index (χ2v) is 5.32. The molecule has 2 aromatic rings. The van der Waals surface area contributed by atoms with Crippen molar-refractivity contribution in [3.8, 4) is 5.75 Å². The summed E-state index contributed by atoms with van der Waals surface area (Å²) in [5, 5.41) is 9.94. The number of carbonyl (C=O) groups is 2. The van der Waals surface area contributed by atoms with Gasteiger partial charge in [0.05, 0.1) is 5.56 Å². The van der Waals surface area contributed by atoms with Gasteiger partial charge in [-0.1, -0.05) is 29.3 Å². The Balaban J connectivity index is 2.07. The third-order valence-electron chi connectivity index (χ3n) is 3.12. The number of hydrogen-bond donors (Lipinski definition) is 3. The lowest BCUT2D eigenvalue weighted by molar-refractivity contribution is 0.0844. The molecule has 0 aliphatic rings. The second-order valence-electron chi connectivity index (χ2n) is 4.89. The monoisotopic (exact) mass is 318 g/mol. The molecule has 22 heavy (non-hydrogen) atoms. The van der Waals surface area contributed by atoms with Crippen molar-refractivity contribution in [2.24, 2.45) is 0 Å². The molecule has 0 aliphatic carbocycles. The first-order chi connectivity index (χ1) is 10.4. The van der Waals surface area contributed by atoms with Gasteiger partial charge in [0.15, 0.2) is 0 Å². The van der Waals surface area contributed by atoms with Crippen molar-refractivity contribution < 1.29 is 14.7 Å². The van der Waals surface area contributed by atoms with Crippen molar-refractivity contribution in [1.29, 1.82) is 0 Å². The maximum atomic E-state index is 12.1. The van der Waals surface area contributed by atoms with E-state index >= 15 is 0 Å². The topological polar surface area (TPSA) is 78.4 Å². The molecule has 0 fully saturated rings. The van der Waals surface area contributed by atoms with Gasteiger partial charge in [0.2, 0.25) is 0 Å². The highest BCUT2D eigenvalue weighted by Gasteiger charge is 2.14. The third kappa shape index (κ3) is 3.56. The maximum Gasteiger partial charge on any atom is 0.273 e. The van der Waals surface area contributed by atoms with Gasteiger partial charge in [-0.25, -0.2) is 0 Å². The molecule has 0 heterocycles. The summed E-state index contributed by atoms with van der Waals surface area (Å²) in [6.45, 7) is 3.74. The first kappa shape index (κ1) is 15.9. The van der Waals surface area contributed by atoms with Crippen LogP contribution >= 0.6 is 11.6 Å². The summed E-state index contributed by atoms with van der Waals surface area (Å²) in [5.74, 6) is -1.31. The third-order valence-corrected chi connectivity index (χ3v) is 3.35. The zero-order chi connectivity index (χ0) is 16.3. The summed E-state index contributed by atoms with van der Waals surface area (Å²) < 4.78 is 0. The van der Waals surface area contributed by atoms with Crippen LogP contribution in [-0.4, -0.2) is 16.9 Å². The highest BCUT2D eigenvalue weighted by atomic mass is 35.5. The first-order valence-electron chi connectivity index (χ1n) is 6.55. The predicted octanol–water partition coefficient (Wildman–Crippen LogP) is 2.74. The molecule has 0 spiro atoms. The normalized spacial score (nSPS) is 10.1. The minimum Gasteiger partial charge on any atom is -0.507 e. The number of phenols is 1. The average molecular weight is 319 g/mol. The van der Waals surface area contributed by atoms with Crippen LogP contribution in [0.15, 0.2) is 36.4 Å². The Hall–Kier alpha value is -2.53. The Kier molecular flexibility index (Phi) is 4.68. The summed E-state index contributed by atoms with van der Waals surface area (Å²) in [7, 11) is 0. The van der Waals surface area contributed by atoms with Crippen LogP contribution in [0.25, 0.3) is 0 Å². The number of hydrogen-bond acceptors (Lipinski definition) is 3. The Morgan fingerprint density at radius 1 is 0.955 bits per heavy atom. The number of carbonyl (C=O) groups excluding carboxylic acids is 2. The van der Waals surface area contributed by atoms with Crippen molar-refractivity contribution in [2.75, 3.05) is 0 Å². The number of halogens is 1. The Labute approximate surface area is 132 Å². The van der Waals surface area contributed by atoms with Crippen molar-refractivity contribution in [2.45, 2.75) is 13.8 Å². The van der Waals surface area contributed by atoms with Gasteiger partial charge in [-0.3, -0.25) is 20.4 Å². The van der Waals surface area contributed by atoms with Gasteiger partial charge in [0.25, 0.3) is 11.8 Å². The molecule has 114 valence electrons. The molecule has 0 saturated carbocycles. The lowest BCUT2D eigenvalue weighted by Gasteiger charge is -2.10. The van der Waals surface area contributed by atoms with Gasteiger partial charge in [-0.15, -0.1) is 0 Å². The van der Waals surface area contributed by atoms with Crippen molar-refractivity contribution >= 4 is 23.4 Å². The fourth-order valence-electron chi connectivity index (χ4n) is 2.01. The molecule has 5 nitrogen and oxygen atoms in total. The lowest BCUT2D eigenvalue weighted by Crippen LogP contribution is -2.41. The Morgan fingerprint density at radius 3 is 2.23 bits per heavy atom. The fourth-order valence-corrected chi connectivity index (χ4v) is 2.18. The number of rotatable bonds is 2. The van der Waals surface area contributed by atoms with Crippen LogP contribution in [0.2, 0.25) is 5.02 Å².